The van der Waals surface area contributed by atoms with Gasteiger partial charge < -0.3 is 5.32 Å². The van der Waals surface area contributed by atoms with Gasteiger partial charge in [0.05, 0.1) is 0 Å². The van der Waals surface area contributed by atoms with Crippen LogP contribution < -0.4 is 5.32 Å². The molecule has 12 heavy (non-hydrogen) atoms. The summed E-state index contributed by atoms with van der Waals surface area (Å²) >= 11 is 0. The lowest BCUT2D eigenvalue weighted by molar-refractivity contribution is -0.120. The number of rotatable bonds is 1. The van der Waals surface area contributed by atoms with Crippen LogP contribution in [0.2, 0.25) is 0 Å². The highest BCUT2D eigenvalue weighted by atomic mass is 16.1. The molecule has 0 saturated heterocycles. The summed E-state index contributed by atoms with van der Waals surface area (Å²) in [6.45, 7) is 2.21. The first-order chi connectivity index (χ1) is 5.70. The van der Waals surface area contributed by atoms with E-state index in [1.807, 2.05) is 0 Å². The predicted octanol–water partition coefficient (Wildman–Crippen LogP) is 1.13. The highest BCUT2D eigenvalue weighted by Crippen LogP contribution is 2.19. The summed E-state index contributed by atoms with van der Waals surface area (Å²) in [5, 5.41) is 2.25. The first-order valence-electron chi connectivity index (χ1n) is 4.33. The fourth-order valence-corrected chi connectivity index (χ4v) is 1.08. The minimum Gasteiger partial charge on any atom is -0.362 e. The van der Waals surface area contributed by atoms with Gasteiger partial charge in [-0.1, -0.05) is 6.92 Å². The Morgan fingerprint density at radius 3 is 2.08 bits per heavy atom. The van der Waals surface area contributed by atoms with E-state index in [4.69, 9.17) is 4.79 Å². The zero-order valence-corrected chi connectivity index (χ0v) is 7.80. The van der Waals surface area contributed by atoms with Crippen molar-refractivity contribution in [3.63, 3.8) is 0 Å². The van der Waals surface area contributed by atoms with Gasteiger partial charge in [-0.05, 0) is 18.8 Å². The van der Waals surface area contributed by atoms with E-state index in [0.29, 0.717) is 12.2 Å². The lowest BCUT2D eigenvalue weighted by Gasteiger charge is -2.14. The van der Waals surface area contributed by atoms with Crippen LogP contribution in [-0.4, -0.2) is 19.2 Å². The summed E-state index contributed by atoms with van der Waals surface area (Å²) in [4.78, 5) is 19.7. The van der Waals surface area contributed by atoms with E-state index in [-0.39, 0.29) is 0 Å². The Hall–Kier alpha value is -0.860. The lowest BCUT2D eigenvalue weighted by Crippen LogP contribution is -2.10. The molecule has 3 nitrogen and oxygen atoms in total. The molecule has 0 bridgehead atoms. The smallest absolute Gasteiger partial charge is 0.206 e. The predicted molar refractivity (Wildman–Crippen MR) is 47.8 cm³/mol. The minimum absolute atomic E-state index is 0.461. The number of hydrogen-bond donors (Lipinski definition) is 1. The van der Waals surface area contributed by atoms with Crippen LogP contribution in [-0.2, 0) is 9.59 Å². The maximum Gasteiger partial charge on any atom is 0.206 e. The molecule has 70 valence electrons. The van der Waals surface area contributed by atoms with Crippen molar-refractivity contribution in [1.29, 1.82) is 0 Å². The average Bonchev–Trinajstić information content (AvgIpc) is 2.11. The van der Waals surface area contributed by atoms with Gasteiger partial charge in [0.25, 0.3) is 0 Å². The number of carbonyl (C=O) groups is 2. The van der Waals surface area contributed by atoms with Crippen molar-refractivity contribution in [1.82, 2.24) is 5.32 Å². The second-order valence-corrected chi connectivity index (χ2v) is 3.13. The fraction of sp³-hybridized carbons (Fsp3) is 0.778. The topological polar surface area (TPSA) is 46.2 Å². The highest BCUT2D eigenvalue weighted by molar-refractivity contribution is 5.78. The van der Waals surface area contributed by atoms with E-state index in [0.717, 1.165) is 31.6 Å². The first kappa shape index (κ1) is 11.1. The standard InChI is InChI=1S/C7H12O.C2H5NO/c1-6-2-4-7(8)5-3-6;1-3-2-4/h6H,2-5H2,1H3;2H,1H3,(H,3,4). The maximum absolute atomic E-state index is 10.6. The molecule has 3 heteroatoms. The maximum atomic E-state index is 10.6. The van der Waals surface area contributed by atoms with Gasteiger partial charge in [0.2, 0.25) is 6.41 Å². The van der Waals surface area contributed by atoms with Crippen LogP contribution in [0.15, 0.2) is 0 Å². The van der Waals surface area contributed by atoms with Gasteiger partial charge in [0, 0.05) is 19.9 Å². The van der Waals surface area contributed by atoms with E-state index in [2.05, 4.69) is 12.2 Å². The van der Waals surface area contributed by atoms with E-state index in [9.17, 15) is 4.79 Å². The molecule has 0 unspecified atom stereocenters. The van der Waals surface area contributed by atoms with Crippen molar-refractivity contribution in [2.75, 3.05) is 7.05 Å². The molecule has 1 saturated carbocycles. The molecule has 1 aliphatic carbocycles. The quantitative estimate of drug-likeness (QED) is 0.601. The summed E-state index contributed by atoms with van der Waals surface area (Å²) in [6, 6.07) is 0. The van der Waals surface area contributed by atoms with E-state index >= 15 is 0 Å². The second kappa shape index (κ2) is 6.83. The molecule has 1 N–H and O–H groups in total. The molecule has 1 fully saturated rings. The molecule has 0 heterocycles. The Morgan fingerprint density at radius 1 is 1.42 bits per heavy atom. The zero-order valence-electron chi connectivity index (χ0n) is 7.80. The summed E-state index contributed by atoms with van der Waals surface area (Å²) in [5.41, 5.74) is 0. The zero-order chi connectivity index (χ0) is 9.40. The van der Waals surface area contributed by atoms with Crippen molar-refractivity contribution in [3.8, 4) is 0 Å². The third-order valence-electron chi connectivity index (χ3n) is 1.95. The molecule has 1 aliphatic rings. The molecule has 0 radical (unpaired) electrons. The Kier molecular flexibility index (Phi) is 6.34. The Labute approximate surface area is 73.5 Å². The summed E-state index contributed by atoms with van der Waals surface area (Å²) in [7, 11) is 1.56. The molecular weight excluding hydrogens is 154 g/mol. The monoisotopic (exact) mass is 171 g/mol. The summed E-state index contributed by atoms with van der Waals surface area (Å²) in [6.07, 6.45) is 4.54. The van der Waals surface area contributed by atoms with Gasteiger partial charge in [-0.2, -0.15) is 0 Å². The number of ketones is 1. The molecule has 0 aliphatic heterocycles. The normalized spacial score (nSPS) is 17.7. The van der Waals surface area contributed by atoms with E-state index < -0.39 is 0 Å². The van der Waals surface area contributed by atoms with Crippen LogP contribution in [0, 0.1) is 5.92 Å². The first-order valence-corrected chi connectivity index (χ1v) is 4.33. The Morgan fingerprint density at radius 2 is 1.83 bits per heavy atom. The van der Waals surface area contributed by atoms with Crippen molar-refractivity contribution in [2.24, 2.45) is 5.92 Å². The third kappa shape index (κ3) is 5.89. The van der Waals surface area contributed by atoms with Crippen molar-refractivity contribution in [3.05, 3.63) is 0 Å². The number of hydrogen-bond acceptors (Lipinski definition) is 2. The Balaban J connectivity index is 0.000000261. The van der Waals surface area contributed by atoms with Gasteiger partial charge >= 0.3 is 0 Å². The largest absolute Gasteiger partial charge is 0.362 e. The average molecular weight is 171 g/mol. The molecular formula is C9H17NO2. The lowest BCUT2D eigenvalue weighted by atomic mass is 9.90. The number of amides is 1. The Bertz CT molecular complexity index is 135. The molecule has 0 spiro atoms. The van der Waals surface area contributed by atoms with Gasteiger partial charge in [-0.25, -0.2) is 0 Å². The van der Waals surface area contributed by atoms with Gasteiger partial charge in [-0.3, -0.25) is 9.59 Å². The molecule has 0 aromatic heterocycles. The van der Waals surface area contributed by atoms with Crippen LogP contribution in [0.1, 0.15) is 32.6 Å². The van der Waals surface area contributed by atoms with Crippen molar-refractivity contribution < 1.29 is 9.59 Å². The second-order valence-electron chi connectivity index (χ2n) is 3.13. The van der Waals surface area contributed by atoms with Crippen LogP contribution in [0.5, 0.6) is 0 Å². The van der Waals surface area contributed by atoms with Crippen molar-refractivity contribution in [2.45, 2.75) is 32.6 Å². The molecule has 0 atom stereocenters. The SMILES string of the molecule is CC1CCC(=O)CC1.CNC=O. The fourth-order valence-electron chi connectivity index (χ4n) is 1.08. The van der Waals surface area contributed by atoms with Crippen LogP contribution in [0.3, 0.4) is 0 Å². The van der Waals surface area contributed by atoms with Crippen LogP contribution in [0.25, 0.3) is 0 Å². The van der Waals surface area contributed by atoms with E-state index in [1.54, 1.807) is 7.05 Å². The molecule has 0 aromatic carbocycles. The minimum atomic E-state index is 0.461. The summed E-state index contributed by atoms with van der Waals surface area (Å²) in [5.74, 6) is 1.26. The van der Waals surface area contributed by atoms with Crippen molar-refractivity contribution >= 4 is 12.2 Å². The van der Waals surface area contributed by atoms with Gasteiger partial charge in [0.15, 0.2) is 0 Å². The third-order valence-corrected chi connectivity index (χ3v) is 1.95. The van der Waals surface area contributed by atoms with Crippen LogP contribution in [0.4, 0.5) is 0 Å². The molecule has 1 amide bonds. The van der Waals surface area contributed by atoms with Crippen LogP contribution >= 0.6 is 0 Å². The number of nitrogens with one attached hydrogen (secondary N) is 1. The molecule has 0 aromatic rings. The highest BCUT2D eigenvalue weighted by Gasteiger charge is 2.13. The summed E-state index contributed by atoms with van der Waals surface area (Å²) < 4.78 is 0. The van der Waals surface area contributed by atoms with Gasteiger partial charge in [0.1, 0.15) is 5.78 Å². The molecule has 1 rings (SSSR count). The van der Waals surface area contributed by atoms with Gasteiger partial charge in [-0.15, -0.1) is 0 Å². The van der Waals surface area contributed by atoms with E-state index in [1.165, 1.54) is 0 Å². The number of Topliss-reactive ketones (excluding diaryl/α,β-unsaturated/α-hetero) is 1. The number of carbonyl (C=O) groups excluding carboxylic acids is 2.